The highest BCUT2D eigenvalue weighted by atomic mass is 32.1. The number of ketones is 1. The molecule has 0 saturated heterocycles. The summed E-state index contributed by atoms with van der Waals surface area (Å²) in [6, 6.07) is 0. The summed E-state index contributed by atoms with van der Waals surface area (Å²) in [7, 11) is 0. The van der Waals surface area contributed by atoms with Gasteiger partial charge in [-0.2, -0.15) is 0 Å². The van der Waals surface area contributed by atoms with Crippen LogP contribution in [0.25, 0.3) is 0 Å². The Morgan fingerprint density at radius 1 is 1.50 bits per heavy atom. The van der Waals surface area contributed by atoms with Crippen LogP contribution in [0.5, 0.6) is 0 Å². The van der Waals surface area contributed by atoms with Crippen molar-refractivity contribution in [1.82, 2.24) is 4.98 Å². The maximum atomic E-state index is 11.0. The van der Waals surface area contributed by atoms with Crippen molar-refractivity contribution in [2.45, 2.75) is 25.2 Å². The fraction of sp³-hybridized carbons (Fsp3) is 0.556. The number of carbonyl (C=O) groups is 1. The molecule has 7 heteroatoms. The molecule has 4 N–H and O–H groups in total. The van der Waals surface area contributed by atoms with Crippen LogP contribution < -0.4 is 0 Å². The van der Waals surface area contributed by atoms with Gasteiger partial charge in [0.05, 0.1) is 11.5 Å². The average Bonchev–Trinajstić information content (AvgIpc) is 2.75. The quantitative estimate of drug-likeness (QED) is 0.501. The van der Waals surface area contributed by atoms with Crippen molar-refractivity contribution in [3.8, 4) is 0 Å². The summed E-state index contributed by atoms with van der Waals surface area (Å²) >= 11 is 0.942. The minimum absolute atomic E-state index is 0.222. The molecule has 16 heavy (non-hydrogen) atoms. The van der Waals surface area contributed by atoms with Gasteiger partial charge in [-0.25, -0.2) is 4.98 Å². The third-order valence-electron chi connectivity index (χ3n) is 2.02. The van der Waals surface area contributed by atoms with Crippen molar-refractivity contribution >= 4 is 17.1 Å². The van der Waals surface area contributed by atoms with Gasteiger partial charge in [0.25, 0.3) is 0 Å². The van der Waals surface area contributed by atoms with Crippen molar-refractivity contribution in [3.05, 3.63) is 16.1 Å². The molecule has 0 saturated carbocycles. The molecule has 0 bridgehead atoms. The molecule has 3 atom stereocenters. The molecular formula is C9H13NO5S. The lowest BCUT2D eigenvalue weighted by Gasteiger charge is -2.19. The fourth-order valence-corrected chi connectivity index (χ4v) is 1.91. The van der Waals surface area contributed by atoms with Gasteiger partial charge in [0.2, 0.25) is 0 Å². The second-order valence-electron chi connectivity index (χ2n) is 3.31. The first-order valence-electron chi connectivity index (χ1n) is 4.59. The van der Waals surface area contributed by atoms with Gasteiger partial charge in [-0.05, 0) is 0 Å². The van der Waals surface area contributed by atoms with Crippen molar-refractivity contribution in [2.75, 3.05) is 6.61 Å². The van der Waals surface area contributed by atoms with E-state index in [9.17, 15) is 15.0 Å². The standard InChI is InChI=1S/C9H13NO5S/c1-4(12)9-10-2-6(16-9)8(15)7(14)5(13)3-11/h2,5,7-8,11,13-15H,3H2,1H3/t5-,7+,8-/m1/s1. The predicted molar refractivity (Wildman–Crippen MR) is 56.2 cm³/mol. The Balaban J connectivity index is 2.79. The number of hydrogen-bond acceptors (Lipinski definition) is 7. The Kier molecular flexibility index (Phi) is 4.51. The molecule has 0 radical (unpaired) electrons. The first-order valence-corrected chi connectivity index (χ1v) is 5.40. The topological polar surface area (TPSA) is 111 Å². The van der Waals surface area contributed by atoms with Crippen LogP contribution in [0.15, 0.2) is 6.20 Å². The molecule has 0 amide bonds. The van der Waals surface area contributed by atoms with E-state index in [2.05, 4.69) is 4.98 Å². The lowest BCUT2D eigenvalue weighted by Crippen LogP contribution is -2.34. The predicted octanol–water partition coefficient (Wildman–Crippen LogP) is -0.907. The van der Waals surface area contributed by atoms with Gasteiger partial charge in [-0.15, -0.1) is 11.3 Å². The summed E-state index contributed by atoms with van der Waals surface area (Å²) in [5.41, 5.74) is 0. The third kappa shape index (κ3) is 2.83. The van der Waals surface area contributed by atoms with Gasteiger partial charge in [-0.1, -0.05) is 0 Å². The molecule has 0 aliphatic rings. The van der Waals surface area contributed by atoms with E-state index in [1.165, 1.54) is 13.1 Å². The fourth-order valence-electron chi connectivity index (χ4n) is 1.07. The van der Waals surface area contributed by atoms with E-state index in [0.29, 0.717) is 0 Å². The summed E-state index contributed by atoms with van der Waals surface area (Å²) < 4.78 is 0. The molecule has 1 heterocycles. The highest BCUT2D eigenvalue weighted by molar-refractivity contribution is 7.13. The van der Waals surface area contributed by atoms with Gasteiger partial charge in [0.1, 0.15) is 18.3 Å². The second-order valence-corrected chi connectivity index (χ2v) is 4.37. The highest BCUT2D eigenvalue weighted by Gasteiger charge is 2.27. The molecule has 1 aromatic heterocycles. The zero-order valence-corrected chi connectivity index (χ0v) is 9.39. The summed E-state index contributed by atoms with van der Waals surface area (Å²) in [6.45, 7) is 0.685. The SMILES string of the molecule is CC(=O)c1ncc([C@@H](O)[C@@H](O)[C@H](O)CO)s1. The Morgan fingerprint density at radius 3 is 2.56 bits per heavy atom. The van der Waals surface area contributed by atoms with E-state index in [4.69, 9.17) is 10.2 Å². The monoisotopic (exact) mass is 247 g/mol. The Bertz CT molecular complexity index is 367. The molecule has 0 unspecified atom stereocenters. The maximum Gasteiger partial charge on any atom is 0.188 e. The molecule has 0 aliphatic carbocycles. The number of aliphatic hydroxyl groups excluding tert-OH is 4. The van der Waals surface area contributed by atoms with Crippen LogP contribution in [-0.4, -0.2) is 50.0 Å². The normalized spacial score (nSPS) is 16.8. The highest BCUT2D eigenvalue weighted by Crippen LogP contribution is 2.25. The van der Waals surface area contributed by atoms with Crippen LogP contribution in [0.4, 0.5) is 0 Å². The number of Topliss-reactive ketones (excluding diaryl/α,β-unsaturated/α-hetero) is 1. The Morgan fingerprint density at radius 2 is 2.12 bits per heavy atom. The Hall–Kier alpha value is -0.860. The molecule has 1 aromatic rings. The lowest BCUT2D eigenvalue weighted by atomic mass is 10.1. The van der Waals surface area contributed by atoms with E-state index in [0.717, 1.165) is 11.3 Å². The number of carbonyl (C=O) groups excluding carboxylic acids is 1. The molecular weight excluding hydrogens is 234 g/mol. The van der Waals surface area contributed by atoms with Gasteiger partial charge in [-0.3, -0.25) is 4.79 Å². The summed E-state index contributed by atoms with van der Waals surface area (Å²) in [5.74, 6) is -0.236. The van der Waals surface area contributed by atoms with Crippen molar-refractivity contribution in [2.24, 2.45) is 0 Å². The van der Waals surface area contributed by atoms with Crippen molar-refractivity contribution in [1.29, 1.82) is 0 Å². The third-order valence-corrected chi connectivity index (χ3v) is 3.19. The van der Waals surface area contributed by atoms with E-state index < -0.39 is 24.9 Å². The zero-order valence-electron chi connectivity index (χ0n) is 8.57. The number of aromatic nitrogens is 1. The average molecular weight is 247 g/mol. The van der Waals surface area contributed by atoms with Crippen LogP contribution in [-0.2, 0) is 0 Å². The number of rotatable bonds is 5. The molecule has 0 fully saturated rings. The van der Waals surface area contributed by atoms with E-state index in [1.807, 2.05) is 0 Å². The summed E-state index contributed by atoms with van der Waals surface area (Å²) in [5, 5.41) is 37.0. The molecule has 90 valence electrons. The molecule has 0 aromatic carbocycles. The maximum absolute atomic E-state index is 11.0. The van der Waals surface area contributed by atoms with Gasteiger partial charge in [0, 0.05) is 13.1 Å². The first kappa shape index (κ1) is 13.2. The van der Waals surface area contributed by atoms with Crippen LogP contribution in [0.1, 0.15) is 27.7 Å². The van der Waals surface area contributed by atoms with Crippen LogP contribution >= 0.6 is 11.3 Å². The second kappa shape index (κ2) is 5.46. The van der Waals surface area contributed by atoms with E-state index in [-0.39, 0.29) is 15.7 Å². The number of thiazole rings is 1. The number of hydrogen-bond donors (Lipinski definition) is 4. The number of aliphatic hydroxyl groups is 4. The number of nitrogens with zero attached hydrogens (tertiary/aromatic N) is 1. The minimum atomic E-state index is -1.51. The summed E-state index contributed by atoms with van der Waals surface area (Å²) in [6.07, 6.45) is -3.05. The van der Waals surface area contributed by atoms with Crippen molar-refractivity contribution in [3.63, 3.8) is 0 Å². The lowest BCUT2D eigenvalue weighted by molar-refractivity contribution is -0.0766. The molecule has 6 nitrogen and oxygen atoms in total. The van der Waals surface area contributed by atoms with Crippen LogP contribution in [0, 0.1) is 0 Å². The van der Waals surface area contributed by atoms with E-state index >= 15 is 0 Å². The van der Waals surface area contributed by atoms with Gasteiger partial charge in [0.15, 0.2) is 10.8 Å². The molecule has 0 aliphatic heterocycles. The first-order chi connectivity index (χ1) is 7.47. The minimum Gasteiger partial charge on any atom is -0.394 e. The smallest absolute Gasteiger partial charge is 0.188 e. The Labute approximate surface area is 95.8 Å². The van der Waals surface area contributed by atoms with E-state index in [1.54, 1.807) is 0 Å². The molecule has 0 spiro atoms. The summed E-state index contributed by atoms with van der Waals surface area (Å²) in [4.78, 5) is 15.0. The zero-order chi connectivity index (χ0) is 12.3. The van der Waals surface area contributed by atoms with Crippen LogP contribution in [0.3, 0.4) is 0 Å². The van der Waals surface area contributed by atoms with Gasteiger partial charge >= 0.3 is 0 Å². The van der Waals surface area contributed by atoms with Crippen molar-refractivity contribution < 1.29 is 25.2 Å². The van der Waals surface area contributed by atoms with Gasteiger partial charge < -0.3 is 20.4 Å². The molecule has 1 rings (SSSR count). The van der Waals surface area contributed by atoms with Crippen LogP contribution in [0.2, 0.25) is 0 Å². The largest absolute Gasteiger partial charge is 0.394 e.